The van der Waals surface area contributed by atoms with Crippen molar-refractivity contribution < 1.29 is 14.3 Å². The first-order valence-electron chi connectivity index (χ1n) is 10.6. The van der Waals surface area contributed by atoms with E-state index in [9.17, 15) is 9.59 Å². The third-order valence-corrected chi connectivity index (χ3v) is 6.19. The number of rotatable bonds is 11. The van der Waals surface area contributed by atoms with E-state index in [1.807, 2.05) is 42.7 Å². The number of hydrogen-bond acceptors (Lipinski definition) is 6. The first-order chi connectivity index (χ1) is 15.9. The Morgan fingerprint density at radius 3 is 2.52 bits per heavy atom. The van der Waals surface area contributed by atoms with Crippen LogP contribution in [0.25, 0.3) is 11.4 Å². The maximum absolute atomic E-state index is 12.8. The average molecular weight is 487 g/mol. The molecule has 1 N–H and O–H groups in total. The SMILES string of the molecule is COCCCn1c(SCC(=O)c2ccc(NC(=O)C(C)C)cc2)nnc1-c1ccccc1Cl. The van der Waals surface area contributed by atoms with Gasteiger partial charge in [-0.25, -0.2) is 0 Å². The van der Waals surface area contributed by atoms with Crippen LogP contribution in [-0.2, 0) is 16.1 Å². The smallest absolute Gasteiger partial charge is 0.226 e. The van der Waals surface area contributed by atoms with Crippen LogP contribution in [0.4, 0.5) is 5.69 Å². The number of carbonyl (C=O) groups excluding carboxylic acids is 2. The van der Waals surface area contributed by atoms with Crippen LogP contribution in [0.15, 0.2) is 53.7 Å². The molecular formula is C24H27ClN4O3S. The van der Waals surface area contributed by atoms with Crippen LogP contribution in [0.1, 0.15) is 30.6 Å². The van der Waals surface area contributed by atoms with E-state index in [-0.39, 0.29) is 23.4 Å². The van der Waals surface area contributed by atoms with E-state index < -0.39 is 0 Å². The van der Waals surface area contributed by atoms with Crippen LogP contribution < -0.4 is 5.32 Å². The number of thioether (sulfide) groups is 1. The van der Waals surface area contributed by atoms with Gasteiger partial charge in [0.05, 0.1) is 10.8 Å². The Bertz CT molecular complexity index is 1100. The molecule has 9 heteroatoms. The number of aromatic nitrogens is 3. The van der Waals surface area contributed by atoms with Crippen LogP contribution in [0, 0.1) is 5.92 Å². The fourth-order valence-electron chi connectivity index (χ4n) is 3.05. The van der Waals surface area contributed by atoms with Gasteiger partial charge in [-0.2, -0.15) is 0 Å². The Labute approximate surface area is 202 Å². The third kappa shape index (κ3) is 6.66. The maximum atomic E-state index is 12.8. The molecule has 1 heterocycles. The van der Waals surface area contributed by atoms with Crippen molar-refractivity contribution in [3.63, 3.8) is 0 Å². The number of hydrogen-bond donors (Lipinski definition) is 1. The van der Waals surface area contributed by atoms with Crippen LogP contribution in [0.3, 0.4) is 0 Å². The molecule has 2 aromatic carbocycles. The van der Waals surface area contributed by atoms with Gasteiger partial charge < -0.3 is 14.6 Å². The van der Waals surface area contributed by atoms with Gasteiger partial charge in [-0.05, 0) is 42.8 Å². The molecule has 3 rings (SSSR count). The molecule has 0 saturated carbocycles. The van der Waals surface area contributed by atoms with Crippen LogP contribution in [0.5, 0.6) is 0 Å². The number of halogens is 1. The van der Waals surface area contributed by atoms with Crippen molar-refractivity contribution in [2.75, 3.05) is 24.8 Å². The molecule has 0 bridgehead atoms. The number of benzene rings is 2. The zero-order chi connectivity index (χ0) is 23.8. The minimum absolute atomic E-state index is 0.0347. The van der Waals surface area contributed by atoms with Crippen molar-refractivity contribution in [1.29, 1.82) is 0 Å². The van der Waals surface area contributed by atoms with Crippen molar-refractivity contribution in [3.8, 4) is 11.4 Å². The molecule has 0 fully saturated rings. The van der Waals surface area contributed by atoms with Gasteiger partial charge >= 0.3 is 0 Å². The highest BCUT2D eigenvalue weighted by Gasteiger charge is 2.18. The van der Waals surface area contributed by atoms with E-state index >= 15 is 0 Å². The Balaban J connectivity index is 1.72. The molecule has 1 aromatic heterocycles. The highest BCUT2D eigenvalue weighted by molar-refractivity contribution is 7.99. The summed E-state index contributed by atoms with van der Waals surface area (Å²) in [6.07, 6.45) is 0.775. The summed E-state index contributed by atoms with van der Waals surface area (Å²) in [6.45, 7) is 4.90. The summed E-state index contributed by atoms with van der Waals surface area (Å²) < 4.78 is 7.16. The summed E-state index contributed by atoms with van der Waals surface area (Å²) in [5.74, 6) is 0.665. The minimum Gasteiger partial charge on any atom is -0.385 e. The summed E-state index contributed by atoms with van der Waals surface area (Å²) in [6, 6.07) is 14.4. The summed E-state index contributed by atoms with van der Waals surface area (Å²) in [4.78, 5) is 24.6. The van der Waals surface area contributed by atoms with E-state index in [0.717, 1.165) is 12.0 Å². The molecule has 33 heavy (non-hydrogen) atoms. The highest BCUT2D eigenvalue weighted by atomic mass is 35.5. The van der Waals surface area contributed by atoms with E-state index in [2.05, 4.69) is 15.5 Å². The lowest BCUT2D eigenvalue weighted by Crippen LogP contribution is -2.17. The molecule has 0 radical (unpaired) electrons. The van der Waals surface area contributed by atoms with E-state index in [4.69, 9.17) is 16.3 Å². The number of anilines is 1. The molecule has 0 aliphatic heterocycles. The molecule has 0 aliphatic carbocycles. The van der Waals surface area contributed by atoms with Gasteiger partial charge in [0, 0.05) is 43.0 Å². The van der Waals surface area contributed by atoms with Gasteiger partial charge in [-0.1, -0.05) is 49.3 Å². The molecule has 174 valence electrons. The fraction of sp³-hybridized carbons (Fsp3) is 0.333. The molecule has 0 saturated heterocycles. The number of nitrogens with zero attached hydrogens (tertiary/aromatic N) is 3. The second-order valence-corrected chi connectivity index (χ2v) is 9.07. The number of ether oxygens (including phenoxy) is 1. The maximum Gasteiger partial charge on any atom is 0.226 e. The van der Waals surface area contributed by atoms with Crippen molar-refractivity contribution in [2.45, 2.75) is 32.0 Å². The standard InChI is InChI=1S/C24H27ClN4O3S/c1-16(2)23(31)26-18-11-9-17(10-12-18)21(30)15-33-24-28-27-22(29(24)13-6-14-32-3)19-7-4-5-8-20(19)25/h4-5,7-12,16H,6,13-15H2,1-3H3,(H,26,31). The largest absolute Gasteiger partial charge is 0.385 e. The summed E-state index contributed by atoms with van der Waals surface area (Å²) >= 11 is 7.71. The molecule has 0 atom stereocenters. The number of carbonyl (C=O) groups is 2. The van der Waals surface area contributed by atoms with E-state index in [1.54, 1.807) is 31.4 Å². The second kappa shape index (κ2) is 12.0. The summed E-state index contributed by atoms with van der Waals surface area (Å²) in [5, 5.41) is 12.7. The van der Waals surface area contributed by atoms with Gasteiger partial charge in [0.2, 0.25) is 5.91 Å². The lowest BCUT2D eigenvalue weighted by Gasteiger charge is -2.11. The van der Waals surface area contributed by atoms with Gasteiger partial charge in [-0.3, -0.25) is 9.59 Å². The van der Waals surface area contributed by atoms with Crippen molar-refractivity contribution in [3.05, 3.63) is 59.1 Å². The van der Waals surface area contributed by atoms with E-state index in [1.165, 1.54) is 11.8 Å². The molecule has 0 unspecified atom stereocenters. The average Bonchev–Trinajstić information content (AvgIpc) is 3.20. The lowest BCUT2D eigenvalue weighted by molar-refractivity contribution is -0.118. The van der Waals surface area contributed by atoms with Crippen molar-refractivity contribution in [1.82, 2.24) is 14.8 Å². The molecule has 1 amide bonds. The van der Waals surface area contributed by atoms with Crippen LogP contribution >= 0.6 is 23.4 Å². The predicted octanol–water partition coefficient (Wildman–Crippen LogP) is 5.20. The molecular weight excluding hydrogens is 460 g/mol. The molecule has 3 aromatic rings. The zero-order valence-corrected chi connectivity index (χ0v) is 20.4. The number of ketones is 1. The Morgan fingerprint density at radius 1 is 1.12 bits per heavy atom. The first-order valence-corrected chi connectivity index (χ1v) is 12.0. The van der Waals surface area contributed by atoms with Crippen molar-refractivity contribution in [2.24, 2.45) is 5.92 Å². The number of nitrogens with one attached hydrogen (secondary N) is 1. The number of Topliss-reactive ketones (excluding diaryl/α,β-unsaturated/α-hetero) is 1. The Hall–Kier alpha value is -2.68. The van der Waals surface area contributed by atoms with Crippen molar-refractivity contribution >= 4 is 40.7 Å². The molecule has 0 spiro atoms. The minimum atomic E-state index is -0.111. The fourth-order valence-corrected chi connectivity index (χ4v) is 4.12. The second-order valence-electron chi connectivity index (χ2n) is 7.72. The Morgan fingerprint density at radius 2 is 1.85 bits per heavy atom. The van der Waals surface area contributed by atoms with Gasteiger partial charge in [-0.15, -0.1) is 10.2 Å². The van der Waals surface area contributed by atoms with Gasteiger partial charge in [0.15, 0.2) is 16.8 Å². The number of amides is 1. The lowest BCUT2D eigenvalue weighted by atomic mass is 10.1. The van der Waals surface area contributed by atoms with Gasteiger partial charge in [0.25, 0.3) is 0 Å². The Kier molecular flexibility index (Phi) is 9.05. The highest BCUT2D eigenvalue weighted by Crippen LogP contribution is 2.29. The quantitative estimate of drug-likeness (QED) is 0.227. The third-order valence-electron chi connectivity index (χ3n) is 4.89. The normalized spacial score (nSPS) is 11.1. The summed E-state index contributed by atoms with van der Waals surface area (Å²) in [7, 11) is 1.66. The predicted molar refractivity (Wildman–Crippen MR) is 132 cm³/mol. The molecule has 7 nitrogen and oxygen atoms in total. The molecule has 0 aliphatic rings. The monoisotopic (exact) mass is 486 g/mol. The van der Waals surface area contributed by atoms with Crippen LogP contribution in [-0.4, -0.2) is 45.9 Å². The zero-order valence-electron chi connectivity index (χ0n) is 18.9. The van der Waals surface area contributed by atoms with Gasteiger partial charge in [0.1, 0.15) is 0 Å². The first kappa shape index (κ1) is 25.0. The van der Waals surface area contributed by atoms with Crippen LogP contribution in [0.2, 0.25) is 5.02 Å². The summed E-state index contributed by atoms with van der Waals surface area (Å²) in [5.41, 5.74) is 2.03. The topological polar surface area (TPSA) is 86.1 Å². The number of methoxy groups -OCH3 is 1. The van der Waals surface area contributed by atoms with E-state index in [0.29, 0.717) is 40.4 Å².